The number of thioether (sulfide) groups is 2. The summed E-state index contributed by atoms with van der Waals surface area (Å²) in [5.74, 6) is 2.19. The van der Waals surface area contributed by atoms with Crippen LogP contribution in [0.5, 0.6) is 0 Å². The van der Waals surface area contributed by atoms with Crippen LogP contribution in [-0.2, 0) is 4.79 Å². The monoisotopic (exact) mass is 389 g/mol. The number of nitrogens with one attached hydrogen (secondary N) is 1. The number of thiazole rings is 1. The third-order valence-electron chi connectivity index (χ3n) is 3.72. The summed E-state index contributed by atoms with van der Waals surface area (Å²) in [4.78, 5) is 28.9. The summed E-state index contributed by atoms with van der Waals surface area (Å²) in [6.07, 6.45) is 1.54. The van der Waals surface area contributed by atoms with Gasteiger partial charge in [-0.1, -0.05) is 18.7 Å². The van der Waals surface area contributed by atoms with Crippen LogP contribution < -0.4 is 5.32 Å². The van der Waals surface area contributed by atoms with Crippen molar-refractivity contribution >= 4 is 46.7 Å². The van der Waals surface area contributed by atoms with Gasteiger partial charge in [0.1, 0.15) is 0 Å². The molecule has 1 aliphatic rings. The van der Waals surface area contributed by atoms with E-state index in [-0.39, 0.29) is 17.6 Å². The van der Waals surface area contributed by atoms with Crippen LogP contribution in [0, 0.1) is 0 Å². The second kappa shape index (κ2) is 10.3. The van der Waals surface area contributed by atoms with Gasteiger partial charge in [-0.05, 0) is 12.2 Å². The van der Waals surface area contributed by atoms with Gasteiger partial charge in [-0.3, -0.25) is 4.79 Å². The smallest absolute Gasteiger partial charge is 0.355 e. The van der Waals surface area contributed by atoms with Gasteiger partial charge in [0.15, 0.2) is 10.0 Å². The molecule has 9 heteroatoms. The fourth-order valence-corrected chi connectivity index (χ4v) is 4.91. The van der Waals surface area contributed by atoms with Crippen molar-refractivity contribution in [2.45, 2.75) is 30.1 Å². The molecule has 24 heavy (non-hydrogen) atoms. The Bertz CT molecular complexity index is 553. The molecule has 1 aromatic heterocycles. The van der Waals surface area contributed by atoms with E-state index in [1.54, 1.807) is 5.38 Å². The van der Waals surface area contributed by atoms with E-state index in [9.17, 15) is 9.59 Å². The van der Waals surface area contributed by atoms with E-state index in [0.717, 1.165) is 41.1 Å². The minimum atomic E-state index is -1.000. The molecule has 1 saturated heterocycles. The average Bonchev–Trinajstić information content (AvgIpc) is 3.16. The number of carboxylic acid groups (broad SMARTS) is 1. The molecule has 6 nitrogen and oxygen atoms in total. The van der Waals surface area contributed by atoms with Crippen LogP contribution >= 0.6 is 34.9 Å². The molecule has 1 atom stereocenters. The molecule has 1 amide bonds. The molecule has 0 radical (unpaired) electrons. The van der Waals surface area contributed by atoms with Crippen LogP contribution in [0.1, 0.15) is 30.3 Å². The van der Waals surface area contributed by atoms with Crippen LogP contribution in [0.4, 0.5) is 0 Å². The first-order valence-electron chi connectivity index (χ1n) is 8.01. The molecule has 2 heterocycles. The molecule has 1 aliphatic heterocycles. The molecule has 2 N–H and O–H groups in total. The zero-order valence-corrected chi connectivity index (χ0v) is 16.1. The van der Waals surface area contributed by atoms with Gasteiger partial charge < -0.3 is 15.3 Å². The number of carboxylic acids is 1. The van der Waals surface area contributed by atoms with E-state index in [4.69, 9.17) is 5.11 Å². The minimum Gasteiger partial charge on any atom is -0.476 e. The van der Waals surface area contributed by atoms with E-state index in [2.05, 4.69) is 17.2 Å². The van der Waals surface area contributed by atoms with Crippen molar-refractivity contribution in [2.75, 3.05) is 36.9 Å². The molecule has 134 valence electrons. The molecule has 2 rings (SSSR count). The Labute approximate surface area is 154 Å². The summed E-state index contributed by atoms with van der Waals surface area (Å²) in [5, 5.41) is 13.9. The summed E-state index contributed by atoms with van der Waals surface area (Å²) in [6.45, 7) is 4.66. The van der Waals surface area contributed by atoms with Crippen LogP contribution in [0.15, 0.2) is 9.72 Å². The lowest BCUT2D eigenvalue weighted by atomic mass is 10.2. The number of aromatic nitrogens is 1. The van der Waals surface area contributed by atoms with Crippen LogP contribution in [-0.4, -0.2) is 69.8 Å². The van der Waals surface area contributed by atoms with E-state index in [1.807, 2.05) is 16.7 Å². The Balaban J connectivity index is 1.72. The summed E-state index contributed by atoms with van der Waals surface area (Å²) < 4.78 is 0.741. The Morgan fingerprint density at radius 2 is 2.38 bits per heavy atom. The van der Waals surface area contributed by atoms with Gasteiger partial charge in [-0.2, -0.15) is 11.8 Å². The zero-order chi connectivity index (χ0) is 17.4. The summed E-state index contributed by atoms with van der Waals surface area (Å²) >= 11 is 4.76. The van der Waals surface area contributed by atoms with Crippen molar-refractivity contribution in [3.63, 3.8) is 0 Å². The highest BCUT2D eigenvalue weighted by Gasteiger charge is 2.30. The van der Waals surface area contributed by atoms with Crippen LogP contribution in [0.3, 0.4) is 0 Å². The first-order valence-corrected chi connectivity index (χ1v) is 11.0. The maximum atomic E-state index is 12.0. The summed E-state index contributed by atoms with van der Waals surface area (Å²) in [6, 6.07) is 0.274. The molecule has 1 aromatic rings. The van der Waals surface area contributed by atoms with E-state index < -0.39 is 5.97 Å². The van der Waals surface area contributed by atoms with Crippen molar-refractivity contribution in [3.8, 4) is 0 Å². The largest absolute Gasteiger partial charge is 0.476 e. The fraction of sp³-hybridized carbons (Fsp3) is 0.667. The highest BCUT2D eigenvalue weighted by molar-refractivity contribution is 8.01. The molecular formula is C15H23N3O3S3. The normalized spacial score (nSPS) is 17.6. The zero-order valence-electron chi connectivity index (χ0n) is 13.7. The topological polar surface area (TPSA) is 82.5 Å². The average molecular weight is 390 g/mol. The van der Waals surface area contributed by atoms with Gasteiger partial charge in [0.05, 0.1) is 0 Å². The third kappa shape index (κ3) is 5.94. The lowest BCUT2D eigenvalue weighted by molar-refractivity contribution is -0.128. The van der Waals surface area contributed by atoms with E-state index in [0.29, 0.717) is 13.0 Å². The van der Waals surface area contributed by atoms with E-state index in [1.165, 1.54) is 23.1 Å². The maximum Gasteiger partial charge on any atom is 0.355 e. The van der Waals surface area contributed by atoms with E-state index >= 15 is 0 Å². The number of nitrogens with zero attached hydrogens (tertiary/aromatic N) is 2. The molecule has 0 aromatic carbocycles. The van der Waals surface area contributed by atoms with Gasteiger partial charge in [-0.25, -0.2) is 9.78 Å². The van der Waals surface area contributed by atoms with Crippen molar-refractivity contribution < 1.29 is 14.7 Å². The van der Waals surface area contributed by atoms with Crippen molar-refractivity contribution in [3.05, 3.63) is 11.1 Å². The summed E-state index contributed by atoms with van der Waals surface area (Å²) in [7, 11) is 0. The highest BCUT2D eigenvalue weighted by atomic mass is 32.2. The number of carbonyl (C=O) groups is 2. The fourth-order valence-electron chi connectivity index (χ4n) is 2.52. The van der Waals surface area contributed by atoms with Gasteiger partial charge in [-0.15, -0.1) is 11.3 Å². The molecule has 0 aliphatic carbocycles. The third-order valence-corrected chi connectivity index (χ3v) is 6.62. The Hall–Kier alpha value is -0.770. The number of aromatic carboxylic acids is 1. The van der Waals surface area contributed by atoms with Crippen molar-refractivity contribution in [1.29, 1.82) is 0 Å². The number of hydrogen-bond donors (Lipinski definition) is 2. The quantitative estimate of drug-likeness (QED) is 0.444. The predicted molar refractivity (Wildman–Crippen MR) is 100 cm³/mol. The van der Waals surface area contributed by atoms with Gasteiger partial charge >= 0.3 is 5.97 Å². The predicted octanol–water partition coefficient (Wildman–Crippen LogP) is 2.27. The van der Waals surface area contributed by atoms with Crippen molar-refractivity contribution in [1.82, 2.24) is 15.2 Å². The van der Waals surface area contributed by atoms with Crippen LogP contribution in [0.2, 0.25) is 0 Å². The Kier molecular flexibility index (Phi) is 8.37. The number of amides is 1. The highest BCUT2D eigenvalue weighted by Crippen LogP contribution is 2.24. The molecule has 0 saturated carbocycles. The molecular weight excluding hydrogens is 366 g/mol. The molecule has 1 fully saturated rings. The Morgan fingerprint density at radius 1 is 1.54 bits per heavy atom. The first-order chi connectivity index (χ1) is 11.6. The first kappa shape index (κ1) is 19.6. The number of likely N-dealkylation sites (tertiary alicyclic amines) is 1. The molecule has 0 spiro atoms. The minimum absolute atomic E-state index is 0.0896. The van der Waals surface area contributed by atoms with Gasteiger partial charge in [0, 0.05) is 49.0 Å². The number of rotatable bonds is 11. The lowest BCUT2D eigenvalue weighted by Gasteiger charge is -2.25. The second-order valence-electron chi connectivity index (χ2n) is 5.33. The number of carbonyl (C=O) groups excluding carboxylic acids is 1. The van der Waals surface area contributed by atoms with Crippen LogP contribution in [0.25, 0.3) is 0 Å². The Morgan fingerprint density at radius 3 is 3.08 bits per heavy atom. The van der Waals surface area contributed by atoms with Gasteiger partial charge in [0.2, 0.25) is 5.91 Å². The molecule has 0 unspecified atom stereocenters. The van der Waals surface area contributed by atoms with Gasteiger partial charge in [0.25, 0.3) is 0 Å². The number of hydrogen-bond acceptors (Lipinski definition) is 7. The SMILES string of the molecule is CCSCCNC[C@H]1CCC(=O)N1CCSc1nc(C(=O)O)cs1. The second-order valence-corrected chi connectivity index (χ2v) is 8.93. The van der Waals surface area contributed by atoms with Crippen molar-refractivity contribution in [2.24, 2.45) is 0 Å². The summed E-state index contributed by atoms with van der Waals surface area (Å²) in [5.41, 5.74) is 0.0896. The lowest BCUT2D eigenvalue weighted by Crippen LogP contribution is -2.41. The standard InChI is InChI=1S/C15H23N3O3S3/c1-2-22-7-5-16-9-11-3-4-13(19)18(11)6-8-23-15-17-12(10-24-15)14(20)21/h10-11,16H,2-9H2,1H3,(H,20,21)/t11-/m1/s1. The maximum absolute atomic E-state index is 12.0. The molecule has 0 bridgehead atoms.